The second-order valence-corrected chi connectivity index (χ2v) is 8.46. The standard InChI is InChI=1S/C21H35N3O2S/c1-4-22-20(24-17-21(27-3)10-12-25-13-11-21)23-14-18(2)15-26-16-19-8-6-5-7-9-19/h5-9,18H,4,10-17H2,1-3H3,(H2,22,23,24). The first-order chi connectivity index (χ1) is 13.2. The van der Waals surface area contributed by atoms with Gasteiger partial charge in [-0.15, -0.1) is 0 Å². The zero-order chi connectivity index (χ0) is 19.4. The summed E-state index contributed by atoms with van der Waals surface area (Å²) in [6.45, 7) is 9.91. The van der Waals surface area contributed by atoms with Gasteiger partial charge in [0.25, 0.3) is 0 Å². The first kappa shape index (κ1) is 22.1. The minimum atomic E-state index is 0.213. The molecule has 5 nitrogen and oxygen atoms in total. The molecule has 0 saturated carbocycles. The number of nitrogens with one attached hydrogen (secondary N) is 2. The monoisotopic (exact) mass is 393 g/mol. The number of ether oxygens (including phenoxy) is 2. The van der Waals surface area contributed by atoms with Crippen molar-refractivity contribution in [2.75, 3.05) is 45.7 Å². The molecule has 2 rings (SSSR count). The highest BCUT2D eigenvalue weighted by Crippen LogP contribution is 2.33. The average Bonchev–Trinajstić information content (AvgIpc) is 2.71. The second-order valence-electron chi connectivity index (χ2n) is 7.18. The molecule has 0 radical (unpaired) electrons. The van der Waals surface area contributed by atoms with Crippen molar-refractivity contribution < 1.29 is 9.47 Å². The maximum Gasteiger partial charge on any atom is 0.191 e. The van der Waals surface area contributed by atoms with E-state index in [0.29, 0.717) is 12.5 Å². The van der Waals surface area contributed by atoms with Crippen molar-refractivity contribution in [2.24, 2.45) is 10.9 Å². The Morgan fingerprint density at radius 3 is 2.67 bits per heavy atom. The molecule has 0 aliphatic carbocycles. The van der Waals surface area contributed by atoms with Crippen LogP contribution in [0.4, 0.5) is 0 Å². The van der Waals surface area contributed by atoms with Crippen LogP contribution in [0.15, 0.2) is 35.3 Å². The molecule has 0 spiro atoms. The summed E-state index contributed by atoms with van der Waals surface area (Å²) in [6, 6.07) is 10.3. The van der Waals surface area contributed by atoms with Gasteiger partial charge in [-0.25, -0.2) is 0 Å². The average molecular weight is 394 g/mol. The zero-order valence-corrected chi connectivity index (χ0v) is 17.8. The van der Waals surface area contributed by atoms with Gasteiger partial charge in [-0.3, -0.25) is 4.99 Å². The van der Waals surface area contributed by atoms with E-state index in [2.05, 4.69) is 42.9 Å². The highest BCUT2D eigenvalue weighted by Gasteiger charge is 2.31. The molecule has 1 fully saturated rings. The summed E-state index contributed by atoms with van der Waals surface area (Å²) in [4.78, 5) is 4.86. The van der Waals surface area contributed by atoms with Crippen LogP contribution in [-0.2, 0) is 16.1 Å². The Morgan fingerprint density at radius 2 is 2.00 bits per heavy atom. The molecule has 0 aromatic heterocycles. The van der Waals surface area contributed by atoms with Crippen LogP contribution in [0, 0.1) is 5.92 Å². The van der Waals surface area contributed by atoms with E-state index in [1.165, 1.54) is 5.56 Å². The fourth-order valence-corrected chi connectivity index (χ4v) is 3.79. The molecule has 1 saturated heterocycles. The Hall–Kier alpha value is -1.24. The lowest BCUT2D eigenvalue weighted by Gasteiger charge is -2.34. The summed E-state index contributed by atoms with van der Waals surface area (Å²) >= 11 is 1.92. The summed E-state index contributed by atoms with van der Waals surface area (Å²) in [5.74, 6) is 1.31. The van der Waals surface area contributed by atoms with E-state index in [1.807, 2.05) is 30.0 Å². The molecule has 0 bridgehead atoms. The fraction of sp³-hybridized carbons (Fsp3) is 0.667. The molecular weight excluding hydrogens is 358 g/mol. The molecular formula is C21H35N3O2S. The number of hydrogen-bond acceptors (Lipinski definition) is 4. The molecule has 1 aromatic carbocycles. The van der Waals surface area contributed by atoms with Gasteiger partial charge in [0.2, 0.25) is 0 Å². The van der Waals surface area contributed by atoms with Crippen molar-refractivity contribution in [1.29, 1.82) is 0 Å². The Bertz CT molecular complexity index is 548. The topological polar surface area (TPSA) is 54.9 Å². The summed E-state index contributed by atoms with van der Waals surface area (Å²) in [6.07, 6.45) is 4.33. The van der Waals surface area contributed by atoms with Crippen molar-refractivity contribution in [1.82, 2.24) is 10.6 Å². The maximum absolute atomic E-state index is 5.84. The van der Waals surface area contributed by atoms with Crippen LogP contribution >= 0.6 is 11.8 Å². The molecule has 1 aliphatic rings. The molecule has 27 heavy (non-hydrogen) atoms. The quantitative estimate of drug-likeness (QED) is 0.472. The van der Waals surface area contributed by atoms with Gasteiger partial charge in [0.1, 0.15) is 0 Å². The Morgan fingerprint density at radius 1 is 1.26 bits per heavy atom. The lowest BCUT2D eigenvalue weighted by molar-refractivity contribution is 0.0794. The van der Waals surface area contributed by atoms with Gasteiger partial charge in [0.15, 0.2) is 5.96 Å². The number of benzene rings is 1. The first-order valence-corrected chi connectivity index (χ1v) is 11.2. The van der Waals surface area contributed by atoms with Crippen LogP contribution in [0.5, 0.6) is 0 Å². The normalized spacial score (nSPS) is 18.1. The van der Waals surface area contributed by atoms with Crippen molar-refractivity contribution in [3.8, 4) is 0 Å². The zero-order valence-electron chi connectivity index (χ0n) is 17.0. The Balaban J connectivity index is 1.75. The van der Waals surface area contributed by atoms with Gasteiger partial charge in [0.05, 0.1) is 19.8 Å². The van der Waals surface area contributed by atoms with Crippen LogP contribution in [0.25, 0.3) is 0 Å². The van der Waals surface area contributed by atoms with Crippen LogP contribution in [0.2, 0.25) is 0 Å². The SMILES string of the molecule is CCNC(=NCC1(SC)CCOCC1)NCC(C)COCc1ccccc1. The molecule has 2 N–H and O–H groups in total. The van der Waals surface area contributed by atoms with E-state index in [1.54, 1.807) is 0 Å². The van der Waals surface area contributed by atoms with Crippen molar-refractivity contribution in [3.63, 3.8) is 0 Å². The predicted molar refractivity (Wildman–Crippen MR) is 116 cm³/mol. The highest BCUT2D eigenvalue weighted by atomic mass is 32.2. The number of aliphatic imine (C=N–C) groups is 1. The molecule has 1 unspecified atom stereocenters. The molecule has 1 heterocycles. The highest BCUT2D eigenvalue weighted by molar-refractivity contribution is 8.00. The van der Waals surface area contributed by atoms with E-state index < -0.39 is 0 Å². The summed E-state index contributed by atoms with van der Waals surface area (Å²) < 4.78 is 11.6. The largest absolute Gasteiger partial charge is 0.381 e. The summed E-state index contributed by atoms with van der Waals surface area (Å²) in [5, 5.41) is 6.83. The van der Waals surface area contributed by atoms with Crippen molar-refractivity contribution >= 4 is 17.7 Å². The first-order valence-electron chi connectivity index (χ1n) is 9.94. The second kappa shape index (κ2) is 12.3. The minimum absolute atomic E-state index is 0.213. The number of rotatable bonds is 10. The third kappa shape index (κ3) is 8.11. The minimum Gasteiger partial charge on any atom is -0.381 e. The van der Waals surface area contributed by atoms with Crippen LogP contribution in [0.3, 0.4) is 0 Å². The Kier molecular flexibility index (Phi) is 10.0. The van der Waals surface area contributed by atoms with Gasteiger partial charge >= 0.3 is 0 Å². The van der Waals surface area contributed by atoms with E-state index in [-0.39, 0.29) is 4.75 Å². The third-order valence-electron chi connectivity index (χ3n) is 4.84. The van der Waals surface area contributed by atoms with Crippen molar-refractivity contribution in [2.45, 2.75) is 38.0 Å². The van der Waals surface area contributed by atoms with Crippen molar-refractivity contribution in [3.05, 3.63) is 35.9 Å². The van der Waals surface area contributed by atoms with Crippen LogP contribution < -0.4 is 10.6 Å². The van der Waals surface area contributed by atoms with Gasteiger partial charge in [-0.2, -0.15) is 11.8 Å². The van der Waals surface area contributed by atoms with Crippen LogP contribution in [0.1, 0.15) is 32.3 Å². The predicted octanol–water partition coefficient (Wildman–Crippen LogP) is 3.31. The van der Waals surface area contributed by atoms with E-state index in [9.17, 15) is 0 Å². The summed E-state index contributed by atoms with van der Waals surface area (Å²) in [7, 11) is 0. The van der Waals surface area contributed by atoms with Gasteiger partial charge in [0, 0.05) is 31.1 Å². The lowest BCUT2D eigenvalue weighted by Crippen LogP contribution is -2.42. The lowest BCUT2D eigenvalue weighted by atomic mass is 9.99. The number of guanidine groups is 1. The van der Waals surface area contributed by atoms with E-state index in [4.69, 9.17) is 14.5 Å². The molecule has 1 atom stereocenters. The molecule has 0 amide bonds. The van der Waals surface area contributed by atoms with E-state index in [0.717, 1.165) is 58.3 Å². The molecule has 6 heteroatoms. The number of nitrogens with zero attached hydrogens (tertiary/aromatic N) is 1. The number of thioether (sulfide) groups is 1. The molecule has 152 valence electrons. The van der Waals surface area contributed by atoms with Gasteiger partial charge in [-0.1, -0.05) is 37.3 Å². The smallest absolute Gasteiger partial charge is 0.191 e. The fourth-order valence-electron chi connectivity index (χ4n) is 3.02. The Labute approximate surface area is 168 Å². The summed E-state index contributed by atoms with van der Waals surface area (Å²) in [5.41, 5.74) is 1.21. The van der Waals surface area contributed by atoms with Gasteiger partial charge in [-0.05, 0) is 37.5 Å². The third-order valence-corrected chi connectivity index (χ3v) is 6.24. The van der Waals surface area contributed by atoms with Crippen LogP contribution in [-0.4, -0.2) is 56.4 Å². The van der Waals surface area contributed by atoms with Gasteiger partial charge < -0.3 is 20.1 Å². The number of hydrogen-bond donors (Lipinski definition) is 2. The van der Waals surface area contributed by atoms with E-state index >= 15 is 0 Å². The molecule has 1 aromatic rings. The maximum atomic E-state index is 5.84. The molecule has 1 aliphatic heterocycles.